The zero-order valence-electron chi connectivity index (χ0n) is 13.9. The van der Waals surface area contributed by atoms with Gasteiger partial charge in [0.1, 0.15) is 6.33 Å². The van der Waals surface area contributed by atoms with Gasteiger partial charge in [0, 0.05) is 30.7 Å². The van der Waals surface area contributed by atoms with Crippen molar-refractivity contribution in [2.75, 3.05) is 6.54 Å². The van der Waals surface area contributed by atoms with E-state index in [1.54, 1.807) is 10.9 Å². The molecule has 0 radical (unpaired) electrons. The van der Waals surface area contributed by atoms with E-state index in [1.807, 2.05) is 32.3 Å². The fraction of sp³-hybridized carbons (Fsp3) is 0.353. The standard InChI is InChI=1S/C17H22N6O/c1-12(16-22-20-11-23(16)2)21-17(24)18-9-5-6-13-10-19-15-8-4-3-7-14(13)15/h3-4,7-8,10-12,19H,5-6,9H2,1-2H3,(H2,18,21,24)/t12-/m0/s1. The average Bonchev–Trinajstić information content (AvgIpc) is 3.18. The molecule has 2 heterocycles. The number of para-hydroxylation sites is 1. The highest BCUT2D eigenvalue weighted by Gasteiger charge is 2.13. The molecule has 0 aliphatic heterocycles. The summed E-state index contributed by atoms with van der Waals surface area (Å²) in [5, 5.41) is 14.8. The third-order valence-corrected chi connectivity index (χ3v) is 4.06. The molecule has 0 bridgehead atoms. The molecule has 2 aromatic heterocycles. The molecule has 3 rings (SSSR count). The van der Waals surface area contributed by atoms with Crippen molar-refractivity contribution in [1.82, 2.24) is 30.4 Å². The number of nitrogens with one attached hydrogen (secondary N) is 3. The van der Waals surface area contributed by atoms with Gasteiger partial charge >= 0.3 is 6.03 Å². The molecule has 7 heteroatoms. The van der Waals surface area contributed by atoms with Crippen molar-refractivity contribution >= 4 is 16.9 Å². The summed E-state index contributed by atoms with van der Waals surface area (Å²) in [4.78, 5) is 15.2. The van der Waals surface area contributed by atoms with Crippen molar-refractivity contribution in [3.63, 3.8) is 0 Å². The van der Waals surface area contributed by atoms with E-state index in [2.05, 4.69) is 37.9 Å². The van der Waals surface area contributed by atoms with Crippen LogP contribution in [-0.4, -0.2) is 32.3 Å². The van der Waals surface area contributed by atoms with Crippen LogP contribution >= 0.6 is 0 Å². The third-order valence-electron chi connectivity index (χ3n) is 4.06. The first-order valence-electron chi connectivity index (χ1n) is 8.08. The number of carbonyl (C=O) groups excluding carboxylic acids is 1. The zero-order valence-corrected chi connectivity index (χ0v) is 13.9. The van der Waals surface area contributed by atoms with Gasteiger partial charge in [0.15, 0.2) is 5.82 Å². The minimum absolute atomic E-state index is 0.189. The summed E-state index contributed by atoms with van der Waals surface area (Å²) in [5.41, 5.74) is 2.43. The van der Waals surface area contributed by atoms with E-state index in [1.165, 1.54) is 10.9 Å². The molecule has 1 aromatic carbocycles. The second-order valence-corrected chi connectivity index (χ2v) is 5.89. The highest BCUT2D eigenvalue weighted by Crippen LogP contribution is 2.18. The number of aromatic nitrogens is 4. The first kappa shape index (κ1) is 16.0. The van der Waals surface area contributed by atoms with E-state index in [4.69, 9.17) is 0 Å². The van der Waals surface area contributed by atoms with Crippen LogP contribution in [0.15, 0.2) is 36.8 Å². The van der Waals surface area contributed by atoms with Crippen LogP contribution in [0.2, 0.25) is 0 Å². The number of H-pyrrole nitrogens is 1. The van der Waals surface area contributed by atoms with Gasteiger partial charge in [-0.2, -0.15) is 0 Å². The SMILES string of the molecule is C[C@H](NC(=O)NCCCc1c[nH]c2ccccc12)c1nncn1C. The van der Waals surface area contributed by atoms with Gasteiger partial charge in [-0.25, -0.2) is 4.79 Å². The van der Waals surface area contributed by atoms with Crippen molar-refractivity contribution in [2.24, 2.45) is 7.05 Å². The summed E-state index contributed by atoms with van der Waals surface area (Å²) in [5.74, 6) is 0.726. The van der Waals surface area contributed by atoms with Gasteiger partial charge in [-0.15, -0.1) is 10.2 Å². The van der Waals surface area contributed by atoms with Crippen LogP contribution in [0, 0.1) is 0 Å². The van der Waals surface area contributed by atoms with Crippen molar-refractivity contribution in [3.05, 3.63) is 48.2 Å². The number of hydrogen-bond donors (Lipinski definition) is 3. The lowest BCUT2D eigenvalue weighted by Gasteiger charge is -2.13. The number of aryl methyl sites for hydroxylation is 2. The number of amides is 2. The van der Waals surface area contributed by atoms with Crippen LogP contribution in [0.4, 0.5) is 4.79 Å². The Bertz CT molecular complexity index is 821. The maximum absolute atomic E-state index is 11.9. The lowest BCUT2D eigenvalue weighted by molar-refractivity contribution is 0.237. The average molecular weight is 326 g/mol. The Morgan fingerprint density at radius 2 is 2.21 bits per heavy atom. The number of rotatable bonds is 6. The van der Waals surface area contributed by atoms with E-state index >= 15 is 0 Å². The Hall–Kier alpha value is -2.83. The monoisotopic (exact) mass is 326 g/mol. The van der Waals surface area contributed by atoms with Crippen LogP contribution < -0.4 is 10.6 Å². The second kappa shape index (κ2) is 7.16. The summed E-state index contributed by atoms with van der Waals surface area (Å²) in [6, 6.07) is 7.87. The molecule has 0 spiro atoms. The normalized spacial score (nSPS) is 12.2. The van der Waals surface area contributed by atoms with Crippen molar-refractivity contribution in [2.45, 2.75) is 25.8 Å². The minimum atomic E-state index is -0.190. The molecule has 0 saturated heterocycles. The van der Waals surface area contributed by atoms with Gasteiger partial charge in [0.05, 0.1) is 6.04 Å². The topological polar surface area (TPSA) is 87.6 Å². The summed E-state index contributed by atoms with van der Waals surface area (Å²) < 4.78 is 1.79. The van der Waals surface area contributed by atoms with Crippen LogP contribution in [0.1, 0.15) is 30.8 Å². The van der Waals surface area contributed by atoms with Crippen molar-refractivity contribution in [1.29, 1.82) is 0 Å². The zero-order chi connectivity index (χ0) is 16.9. The Balaban J connectivity index is 1.43. The maximum atomic E-state index is 11.9. The molecular formula is C17H22N6O. The molecule has 1 atom stereocenters. The number of carbonyl (C=O) groups is 1. The van der Waals surface area contributed by atoms with Crippen molar-refractivity contribution in [3.8, 4) is 0 Å². The van der Waals surface area contributed by atoms with E-state index in [-0.39, 0.29) is 12.1 Å². The fourth-order valence-corrected chi connectivity index (χ4v) is 2.82. The summed E-state index contributed by atoms with van der Waals surface area (Å²) in [6.45, 7) is 2.51. The van der Waals surface area contributed by atoms with Gasteiger partial charge in [-0.3, -0.25) is 0 Å². The molecule has 2 amide bonds. The predicted octanol–water partition coefficient (Wildman–Crippen LogP) is 2.29. The third kappa shape index (κ3) is 3.56. The number of benzene rings is 1. The molecule has 0 aliphatic carbocycles. The molecular weight excluding hydrogens is 304 g/mol. The van der Waals surface area contributed by atoms with Gasteiger partial charge in [0.2, 0.25) is 0 Å². The number of hydrogen-bond acceptors (Lipinski definition) is 3. The smallest absolute Gasteiger partial charge is 0.315 e. The second-order valence-electron chi connectivity index (χ2n) is 5.89. The van der Waals surface area contributed by atoms with E-state index in [0.717, 1.165) is 24.2 Å². The van der Waals surface area contributed by atoms with Crippen LogP contribution in [0.25, 0.3) is 10.9 Å². The quantitative estimate of drug-likeness (QED) is 0.607. The molecule has 0 unspecified atom stereocenters. The van der Waals surface area contributed by atoms with E-state index in [9.17, 15) is 4.79 Å². The lowest BCUT2D eigenvalue weighted by Crippen LogP contribution is -2.38. The molecule has 3 N–H and O–H groups in total. The number of aromatic amines is 1. The largest absolute Gasteiger partial charge is 0.361 e. The Morgan fingerprint density at radius 1 is 1.38 bits per heavy atom. The molecule has 7 nitrogen and oxygen atoms in total. The number of nitrogens with zero attached hydrogens (tertiary/aromatic N) is 3. The van der Waals surface area contributed by atoms with E-state index in [0.29, 0.717) is 6.54 Å². The van der Waals surface area contributed by atoms with E-state index < -0.39 is 0 Å². The molecule has 0 saturated carbocycles. The highest BCUT2D eigenvalue weighted by molar-refractivity contribution is 5.83. The number of fused-ring (bicyclic) bond motifs is 1. The van der Waals surface area contributed by atoms with Gasteiger partial charge in [-0.1, -0.05) is 18.2 Å². The first-order valence-corrected chi connectivity index (χ1v) is 8.08. The summed E-state index contributed by atoms with van der Waals surface area (Å²) in [6.07, 6.45) is 5.46. The maximum Gasteiger partial charge on any atom is 0.315 e. The molecule has 3 aromatic rings. The molecule has 0 fully saturated rings. The fourth-order valence-electron chi connectivity index (χ4n) is 2.82. The van der Waals surface area contributed by atoms with Gasteiger partial charge in [-0.05, 0) is 31.4 Å². The minimum Gasteiger partial charge on any atom is -0.361 e. The molecule has 24 heavy (non-hydrogen) atoms. The Kier molecular flexibility index (Phi) is 4.79. The van der Waals surface area contributed by atoms with Gasteiger partial charge < -0.3 is 20.2 Å². The van der Waals surface area contributed by atoms with Crippen LogP contribution in [0.3, 0.4) is 0 Å². The predicted molar refractivity (Wildman–Crippen MR) is 92.6 cm³/mol. The Labute approximate surface area is 140 Å². The molecule has 0 aliphatic rings. The molecule has 126 valence electrons. The van der Waals surface area contributed by atoms with Crippen LogP contribution in [0.5, 0.6) is 0 Å². The van der Waals surface area contributed by atoms with Crippen molar-refractivity contribution < 1.29 is 4.79 Å². The van der Waals surface area contributed by atoms with Crippen LogP contribution in [-0.2, 0) is 13.5 Å². The Morgan fingerprint density at radius 3 is 3.00 bits per heavy atom. The lowest BCUT2D eigenvalue weighted by atomic mass is 10.1. The first-order chi connectivity index (χ1) is 11.6. The van der Waals surface area contributed by atoms with Gasteiger partial charge in [0.25, 0.3) is 0 Å². The highest BCUT2D eigenvalue weighted by atomic mass is 16.2. The summed E-state index contributed by atoms with van der Waals surface area (Å²) in [7, 11) is 1.85. The summed E-state index contributed by atoms with van der Waals surface area (Å²) >= 11 is 0. The number of urea groups is 1.